The number of fused-ring (bicyclic) bond motifs is 1. The quantitative estimate of drug-likeness (QED) is 0.504. The minimum atomic E-state index is -1.21. The van der Waals surface area contributed by atoms with Crippen LogP contribution in [0.25, 0.3) is 10.8 Å². The third-order valence-electron chi connectivity index (χ3n) is 3.90. The largest absolute Gasteiger partial charge is 0.478 e. The molecule has 3 aromatic rings. The standard InChI is InChI=1S/C20H14BrClFNO2/c21-19-13(6-5-12-3-1-2-4-16(12)19)9-14(22)11-24-18-8-7-15(23)10-17(18)20(25)26/h1-8,10-11,24H,9H2,(H,25,26). The Labute approximate surface area is 163 Å². The van der Waals surface area contributed by atoms with Crippen LogP contribution in [0.1, 0.15) is 15.9 Å². The number of rotatable bonds is 5. The summed E-state index contributed by atoms with van der Waals surface area (Å²) >= 11 is 9.93. The molecule has 0 aliphatic heterocycles. The number of allylic oxidation sites excluding steroid dienone is 1. The number of carboxylic acids is 1. The van der Waals surface area contributed by atoms with Gasteiger partial charge in [-0.15, -0.1) is 0 Å². The zero-order valence-electron chi connectivity index (χ0n) is 13.5. The van der Waals surface area contributed by atoms with Gasteiger partial charge in [0, 0.05) is 22.1 Å². The highest BCUT2D eigenvalue weighted by molar-refractivity contribution is 9.10. The maximum atomic E-state index is 13.2. The zero-order chi connectivity index (χ0) is 18.7. The number of anilines is 1. The molecule has 0 atom stereocenters. The first-order valence-corrected chi connectivity index (χ1v) is 8.93. The highest BCUT2D eigenvalue weighted by Gasteiger charge is 2.11. The van der Waals surface area contributed by atoms with Crippen molar-refractivity contribution in [2.75, 3.05) is 5.32 Å². The Morgan fingerprint density at radius 2 is 1.96 bits per heavy atom. The zero-order valence-corrected chi connectivity index (χ0v) is 15.8. The molecule has 0 aliphatic carbocycles. The molecule has 0 amide bonds. The van der Waals surface area contributed by atoms with Crippen LogP contribution in [0.4, 0.5) is 10.1 Å². The number of halogens is 3. The number of hydrogen-bond acceptors (Lipinski definition) is 2. The van der Waals surface area contributed by atoms with Crippen LogP contribution in [-0.4, -0.2) is 11.1 Å². The highest BCUT2D eigenvalue weighted by Crippen LogP contribution is 2.30. The van der Waals surface area contributed by atoms with Gasteiger partial charge in [0.15, 0.2) is 0 Å². The van der Waals surface area contributed by atoms with Gasteiger partial charge in [-0.3, -0.25) is 0 Å². The Morgan fingerprint density at radius 3 is 2.73 bits per heavy atom. The lowest BCUT2D eigenvalue weighted by molar-refractivity contribution is 0.0697. The van der Waals surface area contributed by atoms with Gasteiger partial charge in [-0.1, -0.05) is 48.0 Å². The van der Waals surface area contributed by atoms with Gasteiger partial charge in [0.1, 0.15) is 5.82 Å². The van der Waals surface area contributed by atoms with Crippen LogP contribution in [0, 0.1) is 5.82 Å². The number of hydrogen-bond donors (Lipinski definition) is 2. The van der Waals surface area contributed by atoms with Gasteiger partial charge in [-0.05, 0) is 50.5 Å². The number of carboxylic acid groups (broad SMARTS) is 1. The lowest BCUT2D eigenvalue weighted by Gasteiger charge is -2.09. The van der Waals surface area contributed by atoms with Crippen LogP contribution in [0.2, 0.25) is 0 Å². The Balaban J connectivity index is 1.82. The van der Waals surface area contributed by atoms with Crippen molar-refractivity contribution in [3.05, 3.63) is 87.2 Å². The summed E-state index contributed by atoms with van der Waals surface area (Å²) < 4.78 is 14.2. The number of carbonyl (C=O) groups is 1. The summed E-state index contributed by atoms with van der Waals surface area (Å²) in [5.41, 5.74) is 1.12. The molecule has 3 nitrogen and oxygen atoms in total. The predicted molar refractivity (Wildman–Crippen MR) is 106 cm³/mol. The minimum Gasteiger partial charge on any atom is -0.478 e. The normalized spacial score (nSPS) is 11.6. The number of nitrogens with one attached hydrogen (secondary N) is 1. The van der Waals surface area contributed by atoms with Crippen LogP contribution in [0.15, 0.2) is 70.3 Å². The summed E-state index contributed by atoms with van der Waals surface area (Å²) in [4.78, 5) is 11.2. The summed E-state index contributed by atoms with van der Waals surface area (Å²) in [6.07, 6.45) is 1.98. The first kappa shape index (κ1) is 18.4. The van der Waals surface area contributed by atoms with E-state index in [9.17, 15) is 9.18 Å². The van der Waals surface area contributed by atoms with Crippen molar-refractivity contribution in [1.82, 2.24) is 0 Å². The third-order valence-corrected chi connectivity index (χ3v) is 5.08. The lowest BCUT2D eigenvalue weighted by Crippen LogP contribution is -2.03. The number of benzene rings is 3. The van der Waals surface area contributed by atoms with E-state index >= 15 is 0 Å². The molecular formula is C20H14BrClFNO2. The van der Waals surface area contributed by atoms with Crippen molar-refractivity contribution in [2.24, 2.45) is 0 Å². The van der Waals surface area contributed by atoms with E-state index in [4.69, 9.17) is 16.7 Å². The van der Waals surface area contributed by atoms with Gasteiger partial charge in [0.2, 0.25) is 0 Å². The topological polar surface area (TPSA) is 49.3 Å². The van der Waals surface area contributed by atoms with Gasteiger partial charge in [-0.2, -0.15) is 0 Å². The fraction of sp³-hybridized carbons (Fsp3) is 0.0500. The molecule has 0 bridgehead atoms. The highest BCUT2D eigenvalue weighted by atomic mass is 79.9. The smallest absolute Gasteiger partial charge is 0.337 e. The molecule has 0 saturated carbocycles. The van der Waals surface area contributed by atoms with Gasteiger partial charge < -0.3 is 10.4 Å². The SMILES string of the molecule is O=C(O)c1cc(F)ccc1NC=C(Cl)Cc1ccc2ccccc2c1Br. The molecular weight excluding hydrogens is 421 g/mol. The second-order valence-electron chi connectivity index (χ2n) is 5.67. The molecule has 26 heavy (non-hydrogen) atoms. The molecule has 0 spiro atoms. The monoisotopic (exact) mass is 433 g/mol. The van der Waals surface area contributed by atoms with Crippen molar-refractivity contribution in [3.8, 4) is 0 Å². The van der Waals surface area contributed by atoms with Crippen LogP contribution in [0.5, 0.6) is 0 Å². The molecule has 0 radical (unpaired) electrons. The van der Waals surface area contributed by atoms with Crippen molar-refractivity contribution in [1.29, 1.82) is 0 Å². The van der Waals surface area contributed by atoms with Crippen molar-refractivity contribution in [3.63, 3.8) is 0 Å². The summed E-state index contributed by atoms with van der Waals surface area (Å²) in [6, 6.07) is 15.5. The summed E-state index contributed by atoms with van der Waals surface area (Å²) in [7, 11) is 0. The Bertz CT molecular complexity index is 1020. The van der Waals surface area contributed by atoms with E-state index in [1.165, 1.54) is 18.3 Å². The molecule has 0 fully saturated rings. The predicted octanol–water partition coefficient (Wildman–Crippen LogP) is 6.17. The fourth-order valence-corrected chi connectivity index (χ4v) is 3.46. The third kappa shape index (κ3) is 4.06. The van der Waals surface area contributed by atoms with E-state index in [0.717, 1.165) is 26.9 Å². The van der Waals surface area contributed by atoms with Crippen LogP contribution < -0.4 is 5.32 Å². The minimum absolute atomic E-state index is 0.155. The Morgan fingerprint density at radius 1 is 1.19 bits per heavy atom. The van der Waals surface area contributed by atoms with Crippen molar-refractivity contribution < 1.29 is 14.3 Å². The molecule has 0 aromatic heterocycles. The molecule has 0 heterocycles. The molecule has 0 aliphatic rings. The van der Waals surface area contributed by atoms with E-state index in [1.807, 2.05) is 36.4 Å². The summed E-state index contributed by atoms with van der Waals surface area (Å²) in [5, 5.41) is 14.7. The van der Waals surface area contributed by atoms with E-state index in [0.29, 0.717) is 11.5 Å². The fourth-order valence-electron chi connectivity index (χ4n) is 2.62. The van der Waals surface area contributed by atoms with E-state index in [2.05, 4.69) is 21.2 Å². The average Bonchev–Trinajstić information content (AvgIpc) is 2.63. The van der Waals surface area contributed by atoms with Gasteiger partial charge >= 0.3 is 5.97 Å². The second-order valence-corrected chi connectivity index (χ2v) is 6.95. The summed E-state index contributed by atoms with van der Waals surface area (Å²) in [6.45, 7) is 0. The molecule has 6 heteroatoms. The average molecular weight is 435 g/mol. The molecule has 0 unspecified atom stereocenters. The molecule has 2 N–H and O–H groups in total. The van der Waals surface area contributed by atoms with Crippen molar-refractivity contribution >= 4 is 50.0 Å². The molecule has 3 aromatic carbocycles. The Hall–Kier alpha value is -2.37. The van der Waals surface area contributed by atoms with Gasteiger partial charge in [0.05, 0.1) is 11.3 Å². The van der Waals surface area contributed by atoms with Crippen LogP contribution >= 0.6 is 27.5 Å². The molecule has 0 saturated heterocycles. The number of aromatic carboxylic acids is 1. The van der Waals surface area contributed by atoms with Crippen LogP contribution in [-0.2, 0) is 6.42 Å². The van der Waals surface area contributed by atoms with Gasteiger partial charge in [0.25, 0.3) is 0 Å². The van der Waals surface area contributed by atoms with E-state index < -0.39 is 11.8 Å². The molecule has 3 rings (SSSR count). The first-order chi connectivity index (χ1) is 12.5. The van der Waals surface area contributed by atoms with Gasteiger partial charge in [-0.25, -0.2) is 9.18 Å². The lowest BCUT2D eigenvalue weighted by atomic mass is 10.0. The van der Waals surface area contributed by atoms with E-state index in [1.54, 1.807) is 0 Å². The second kappa shape index (κ2) is 7.89. The maximum Gasteiger partial charge on any atom is 0.337 e. The summed E-state index contributed by atoms with van der Waals surface area (Å²) in [5.74, 6) is -1.82. The molecule has 132 valence electrons. The van der Waals surface area contributed by atoms with Crippen LogP contribution in [0.3, 0.4) is 0 Å². The maximum absolute atomic E-state index is 13.2. The van der Waals surface area contributed by atoms with Crippen molar-refractivity contribution in [2.45, 2.75) is 6.42 Å². The first-order valence-electron chi connectivity index (χ1n) is 7.76. The Kier molecular flexibility index (Phi) is 5.59. The van der Waals surface area contributed by atoms with E-state index in [-0.39, 0.29) is 11.3 Å².